The van der Waals surface area contributed by atoms with Gasteiger partial charge in [0.15, 0.2) is 5.75 Å². The summed E-state index contributed by atoms with van der Waals surface area (Å²) in [6.45, 7) is 3.63. The average Bonchev–Trinajstić information content (AvgIpc) is 2.75. The van der Waals surface area contributed by atoms with Crippen LogP contribution >= 0.6 is 0 Å². The van der Waals surface area contributed by atoms with Gasteiger partial charge in [0, 0.05) is 0 Å². The maximum Gasteiger partial charge on any atom is 0.157 e. The van der Waals surface area contributed by atoms with Crippen LogP contribution in [0.25, 0.3) is 0 Å². The lowest BCUT2D eigenvalue weighted by Gasteiger charge is -2.01. The van der Waals surface area contributed by atoms with Gasteiger partial charge in [0.25, 0.3) is 0 Å². The fourth-order valence-electron chi connectivity index (χ4n) is 1.50. The molecule has 3 heteroatoms. The number of rotatable bonds is 5. The zero-order chi connectivity index (χ0) is 11.2. The minimum atomic E-state index is 0.747. The highest BCUT2D eigenvalue weighted by molar-refractivity contribution is 5.17. The predicted octanol–water partition coefficient (Wildman–Crippen LogP) is 2.72. The summed E-state index contributed by atoms with van der Waals surface area (Å²) in [5.74, 6) is 0.845. The molecule has 0 aliphatic heterocycles. The van der Waals surface area contributed by atoms with E-state index in [1.54, 1.807) is 6.20 Å². The molecule has 1 aromatic carbocycles. The number of nitrogens with zero attached hydrogens (tertiary/aromatic N) is 2. The van der Waals surface area contributed by atoms with Crippen molar-refractivity contribution in [1.29, 1.82) is 0 Å². The summed E-state index contributed by atoms with van der Waals surface area (Å²) in [7, 11) is 0. The Kier molecular flexibility index (Phi) is 3.59. The van der Waals surface area contributed by atoms with Gasteiger partial charge in [-0.2, -0.15) is 5.10 Å². The summed E-state index contributed by atoms with van der Waals surface area (Å²) in [5, 5.41) is 4.26. The van der Waals surface area contributed by atoms with E-state index in [2.05, 4.69) is 24.2 Å². The van der Waals surface area contributed by atoms with Crippen LogP contribution in [0, 0.1) is 0 Å². The summed E-state index contributed by atoms with van der Waals surface area (Å²) < 4.78 is 7.38. The highest BCUT2D eigenvalue weighted by atomic mass is 16.5. The van der Waals surface area contributed by atoms with Crippen LogP contribution in [0.4, 0.5) is 0 Å². The second kappa shape index (κ2) is 5.35. The molecular formula is C13H16N2O. The Hall–Kier alpha value is -1.77. The monoisotopic (exact) mass is 216 g/mol. The number of hydrogen-bond acceptors (Lipinski definition) is 2. The minimum Gasteiger partial charge on any atom is -0.490 e. The average molecular weight is 216 g/mol. The lowest BCUT2D eigenvalue weighted by atomic mass is 10.2. The van der Waals surface area contributed by atoms with E-state index in [9.17, 15) is 0 Å². The molecule has 1 heterocycles. The van der Waals surface area contributed by atoms with Crippen molar-refractivity contribution in [3.8, 4) is 5.75 Å². The topological polar surface area (TPSA) is 27.1 Å². The van der Waals surface area contributed by atoms with Crippen molar-refractivity contribution in [3.63, 3.8) is 0 Å². The van der Waals surface area contributed by atoms with Crippen LogP contribution in [0.2, 0.25) is 0 Å². The summed E-state index contributed by atoms with van der Waals surface area (Å²) in [6, 6.07) is 10.3. The maximum absolute atomic E-state index is 5.49. The van der Waals surface area contributed by atoms with Gasteiger partial charge >= 0.3 is 0 Å². The van der Waals surface area contributed by atoms with Crippen LogP contribution < -0.4 is 4.74 Å². The van der Waals surface area contributed by atoms with Gasteiger partial charge < -0.3 is 4.74 Å². The summed E-state index contributed by atoms with van der Waals surface area (Å²) >= 11 is 0. The first-order chi connectivity index (χ1) is 7.88. The van der Waals surface area contributed by atoms with Gasteiger partial charge in [0.1, 0.15) is 0 Å². The van der Waals surface area contributed by atoms with E-state index in [0.717, 1.165) is 25.3 Å². The second-order valence-corrected chi connectivity index (χ2v) is 3.71. The van der Waals surface area contributed by atoms with Gasteiger partial charge in [-0.15, -0.1) is 0 Å². The van der Waals surface area contributed by atoms with Gasteiger partial charge in [-0.1, -0.05) is 37.3 Å². The zero-order valence-electron chi connectivity index (χ0n) is 9.47. The van der Waals surface area contributed by atoms with Crippen LogP contribution in [-0.2, 0) is 6.54 Å². The molecule has 0 radical (unpaired) electrons. The van der Waals surface area contributed by atoms with Crippen LogP contribution in [-0.4, -0.2) is 16.4 Å². The first-order valence-electron chi connectivity index (χ1n) is 5.57. The van der Waals surface area contributed by atoms with Crippen LogP contribution in [0.5, 0.6) is 5.75 Å². The smallest absolute Gasteiger partial charge is 0.157 e. The largest absolute Gasteiger partial charge is 0.490 e. The quantitative estimate of drug-likeness (QED) is 0.768. The van der Waals surface area contributed by atoms with E-state index in [4.69, 9.17) is 4.74 Å². The van der Waals surface area contributed by atoms with Crippen molar-refractivity contribution in [2.24, 2.45) is 0 Å². The summed E-state index contributed by atoms with van der Waals surface area (Å²) in [6.07, 6.45) is 4.71. The van der Waals surface area contributed by atoms with Crippen LogP contribution in [0.1, 0.15) is 18.9 Å². The van der Waals surface area contributed by atoms with Crippen LogP contribution in [0.15, 0.2) is 42.7 Å². The third-order valence-corrected chi connectivity index (χ3v) is 2.27. The molecular weight excluding hydrogens is 200 g/mol. The van der Waals surface area contributed by atoms with Gasteiger partial charge in [-0.25, -0.2) is 0 Å². The first kappa shape index (κ1) is 10.7. The molecule has 0 fully saturated rings. The predicted molar refractivity (Wildman–Crippen MR) is 63.6 cm³/mol. The Bertz CT molecular complexity index is 423. The molecule has 3 nitrogen and oxygen atoms in total. The van der Waals surface area contributed by atoms with E-state index in [1.165, 1.54) is 5.56 Å². The molecule has 84 valence electrons. The molecule has 2 rings (SSSR count). The lowest BCUT2D eigenvalue weighted by molar-refractivity contribution is 0.317. The van der Waals surface area contributed by atoms with Gasteiger partial charge in [-0.3, -0.25) is 4.68 Å². The van der Waals surface area contributed by atoms with E-state index < -0.39 is 0 Å². The molecule has 0 aliphatic rings. The van der Waals surface area contributed by atoms with Crippen molar-refractivity contribution in [2.75, 3.05) is 6.61 Å². The molecule has 0 N–H and O–H groups in total. The number of hydrogen-bond donors (Lipinski definition) is 0. The molecule has 0 amide bonds. The third-order valence-electron chi connectivity index (χ3n) is 2.27. The van der Waals surface area contributed by atoms with Crippen LogP contribution in [0.3, 0.4) is 0 Å². The molecule has 0 spiro atoms. The van der Waals surface area contributed by atoms with E-state index in [0.29, 0.717) is 0 Å². The van der Waals surface area contributed by atoms with Gasteiger partial charge in [-0.05, 0) is 12.0 Å². The fraction of sp³-hybridized carbons (Fsp3) is 0.308. The molecule has 2 aromatic rings. The summed E-state index contributed by atoms with van der Waals surface area (Å²) in [5.41, 5.74) is 1.24. The first-order valence-corrected chi connectivity index (χ1v) is 5.57. The summed E-state index contributed by atoms with van der Waals surface area (Å²) in [4.78, 5) is 0. The van der Waals surface area contributed by atoms with Crippen molar-refractivity contribution in [1.82, 2.24) is 9.78 Å². The fourth-order valence-corrected chi connectivity index (χ4v) is 1.50. The van der Waals surface area contributed by atoms with Gasteiger partial charge in [0.05, 0.1) is 25.5 Å². The molecule has 0 bridgehead atoms. The van der Waals surface area contributed by atoms with Crippen molar-refractivity contribution in [3.05, 3.63) is 48.3 Å². The maximum atomic E-state index is 5.49. The van der Waals surface area contributed by atoms with Crippen molar-refractivity contribution >= 4 is 0 Å². The standard InChI is InChI=1S/C13H16N2O/c1-2-8-16-13-9-14-15(11-13)10-12-6-4-3-5-7-12/h3-7,9,11H,2,8,10H2,1H3. The Morgan fingerprint density at radius 1 is 1.25 bits per heavy atom. The molecule has 1 aromatic heterocycles. The highest BCUT2D eigenvalue weighted by Crippen LogP contribution is 2.10. The highest BCUT2D eigenvalue weighted by Gasteiger charge is 1.99. The minimum absolute atomic E-state index is 0.747. The molecule has 0 atom stereocenters. The number of aromatic nitrogens is 2. The second-order valence-electron chi connectivity index (χ2n) is 3.71. The van der Waals surface area contributed by atoms with Gasteiger partial charge in [0.2, 0.25) is 0 Å². The van der Waals surface area contributed by atoms with E-state index >= 15 is 0 Å². The molecule has 16 heavy (non-hydrogen) atoms. The van der Waals surface area contributed by atoms with Crippen molar-refractivity contribution in [2.45, 2.75) is 19.9 Å². The Morgan fingerprint density at radius 2 is 2.06 bits per heavy atom. The van der Waals surface area contributed by atoms with E-state index in [1.807, 2.05) is 29.1 Å². The Morgan fingerprint density at radius 3 is 2.81 bits per heavy atom. The molecule has 0 unspecified atom stereocenters. The van der Waals surface area contributed by atoms with Crippen molar-refractivity contribution < 1.29 is 4.74 Å². The van der Waals surface area contributed by atoms with E-state index in [-0.39, 0.29) is 0 Å². The Labute approximate surface area is 95.7 Å². The number of ether oxygens (including phenoxy) is 1. The molecule has 0 aliphatic carbocycles. The normalized spacial score (nSPS) is 10.3. The molecule has 0 saturated carbocycles. The molecule has 0 saturated heterocycles. The lowest BCUT2D eigenvalue weighted by Crippen LogP contribution is -1.99. The number of benzene rings is 1. The Balaban J connectivity index is 1.97. The SMILES string of the molecule is CCCOc1cnn(Cc2ccccc2)c1. The zero-order valence-corrected chi connectivity index (χ0v) is 9.47. The third kappa shape index (κ3) is 2.86.